The van der Waals surface area contributed by atoms with Gasteiger partial charge < -0.3 is 30.4 Å². The van der Waals surface area contributed by atoms with E-state index >= 15 is 0 Å². The zero-order chi connectivity index (χ0) is 25.7. The first-order valence-corrected chi connectivity index (χ1v) is 13.4. The molecule has 0 radical (unpaired) electrons. The van der Waals surface area contributed by atoms with Crippen molar-refractivity contribution < 1.29 is 19.1 Å². The van der Waals surface area contributed by atoms with Gasteiger partial charge in [-0.05, 0) is 63.7 Å². The maximum absolute atomic E-state index is 12.7. The number of nitrogens with two attached hydrogens (primary N) is 1. The van der Waals surface area contributed by atoms with Gasteiger partial charge in [-0.15, -0.1) is 0 Å². The lowest BCUT2D eigenvalue weighted by Crippen LogP contribution is -2.55. The van der Waals surface area contributed by atoms with Crippen LogP contribution in [-0.4, -0.2) is 91.3 Å². The second-order valence-corrected chi connectivity index (χ2v) is 10.6. The van der Waals surface area contributed by atoms with E-state index in [-0.39, 0.29) is 40.6 Å². The zero-order valence-corrected chi connectivity index (χ0v) is 21.7. The quantitative estimate of drug-likeness (QED) is 0.311. The number of carbonyl (C=O) groups is 2. The number of esters is 1. The minimum absolute atomic E-state index is 0.0346. The molecule has 4 saturated heterocycles. The number of ether oxygens (including phenoxy) is 2. The molecule has 3 atom stereocenters. The van der Waals surface area contributed by atoms with Crippen molar-refractivity contribution in [2.24, 2.45) is 5.92 Å². The number of nitrogens with zero attached hydrogens (tertiary/aromatic N) is 2. The summed E-state index contributed by atoms with van der Waals surface area (Å²) in [4.78, 5) is 44.1. The number of aromatic nitrogens is 1. The van der Waals surface area contributed by atoms with Crippen LogP contribution in [0.4, 0.5) is 5.82 Å². The molecule has 1 amide bonds. The zero-order valence-electron chi connectivity index (χ0n) is 21.0. The Morgan fingerprint density at radius 2 is 1.92 bits per heavy atom. The van der Waals surface area contributed by atoms with Crippen LogP contribution in [0.3, 0.4) is 0 Å². The van der Waals surface area contributed by atoms with Gasteiger partial charge in [-0.2, -0.15) is 0 Å². The number of amides is 1. The first-order valence-electron chi connectivity index (χ1n) is 13.0. The molecule has 5 rings (SSSR count). The van der Waals surface area contributed by atoms with Gasteiger partial charge >= 0.3 is 5.97 Å². The predicted octanol–water partition coefficient (Wildman–Crippen LogP) is 1.63. The van der Waals surface area contributed by atoms with E-state index in [1.165, 1.54) is 6.07 Å². The number of fused-ring (bicyclic) bond motifs is 3. The van der Waals surface area contributed by atoms with Crippen LogP contribution >= 0.6 is 11.6 Å². The first-order chi connectivity index (χ1) is 17.3. The summed E-state index contributed by atoms with van der Waals surface area (Å²) in [5, 5.41) is 3.04. The number of halogens is 1. The summed E-state index contributed by atoms with van der Waals surface area (Å²) >= 11 is 5.96. The highest BCUT2D eigenvalue weighted by molar-refractivity contribution is 6.33. The Hall–Kier alpha value is -2.14. The number of nitrogen functional groups attached to an aromatic ring is 1. The third-order valence-corrected chi connectivity index (χ3v) is 8.08. The summed E-state index contributed by atoms with van der Waals surface area (Å²) in [7, 11) is 1.63. The number of hydrogen-bond acceptors (Lipinski definition) is 8. The number of hydrogen-bond donors (Lipinski definition) is 3. The number of methoxy groups -OCH3 is 1. The van der Waals surface area contributed by atoms with Crippen LogP contribution in [0.15, 0.2) is 10.9 Å². The summed E-state index contributed by atoms with van der Waals surface area (Å²) in [6, 6.07) is 1.07. The monoisotopic (exact) mass is 523 g/mol. The molecule has 0 spiro atoms. The second kappa shape index (κ2) is 12.4. The molecule has 4 N–H and O–H groups in total. The number of pyridine rings is 1. The lowest BCUT2D eigenvalue weighted by atomic mass is 9.86. The average Bonchev–Trinajstić information content (AvgIpc) is 2.87. The van der Waals surface area contributed by atoms with Gasteiger partial charge in [-0.1, -0.05) is 18.0 Å². The Balaban J connectivity index is 1.14. The molecule has 11 heteroatoms. The van der Waals surface area contributed by atoms with Crippen molar-refractivity contribution in [1.29, 1.82) is 0 Å². The molecular weight excluding hydrogens is 486 g/mol. The van der Waals surface area contributed by atoms with Crippen molar-refractivity contribution in [2.75, 3.05) is 52.1 Å². The molecule has 5 heterocycles. The topological polar surface area (TPSA) is 130 Å². The Morgan fingerprint density at radius 3 is 2.61 bits per heavy atom. The maximum Gasteiger partial charge on any atom is 0.306 e. The van der Waals surface area contributed by atoms with Crippen LogP contribution < -0.4 is 16.6 Å². The van der Waals surface area contributed by atoms with Crippen LogP contribution in [-0.2, 0) is 14.3 Å². The van der Waals surface area contributed by atoms with Crippen LogP contribution in [0, 0.1) is 5.92 Å². The molecule has 1 aromatic rings. The number of likely N-dealkylation sites (tertiary alicyclic amines) is 1. The van der Waals surface area contributed by atoms with E-state index in [9.17, 15) is 14.4 Å². The second-order valence-electron chi connectivity index (χ2n) is 10.2. The van der Waals surface area contributed by atoms with Crippen molar-refractivity contribution in [1.82, 2.24) is 20.1 Å². The van der Waals surface area contributed by atoms with E-state index in [0.717, 1.165) is 64.8 Å². The molecule has 36 heavy (non-hydrogen) atoms. The summed E-state index contributed by atoms with van der Waals surface area (Å²) < 4.78 is 11.4. The van der Waals surface area contributed by atoms with E-state index in [4.69, 9.17) is 26.8 Å². The van der Waals surface area contributed by atoms with Crippen LogP contribution in [0.25, 0.3) is 0 Å². The van der Waals surface area contributed by atoms with Gasteiger partial charge in [0.2, 0.25) is 0 Å². The van der Waals surface area contributed by atoms with E-state index < -0.39 is 11.5 Å². The van der Waals surface area contributed by atoms with E-state index in [2.05, 4.69) is 20.1 Å². The fraction of sp³-hybridized carbons (Fsp3) is 0.720. The minimum atomic E-state index is -0.576. The van der Waals surface area contributed by atoms with E-state index in [1.807, 2.05) is 0 Å². The molecule has 4 aliphatic rings. The molecule has 4 fully saturated rings. The highest BCUT2D eigenvalue weighted by Crippen LogP contribution is 2.29. The SMILES string of the molecule is CO[C@@H]1CN(CCCCCC(=O)O[C@H]2CN3CCC2CC3)CC[C@@H]1NC(=O)c1cc(Cl)c(N)[nH]c1=O. The van der Waals surface area contributed by atoms with Gasteiger partial charge in [0.05, 0.1) is 17.2 Å². The lowest BCUT2D eigenvalue weighted by Gasteiger charge is -2.43. The number of unbranched alkanes of at least 4 members (excludes halogenated alkanes) is 2. The predicted molar refractivity (Wildman–Crippen MR) is 137 cm³/mol. The Labute approximate surface area is 216 Å². The van der Waals surface area contributed by atoms with E-state index in [1.54, 1.807) is 7.11 Å². The summed E-state index contributed by atoms with van der Waals surface area (Å²) in [5.74, 6) is 0.0209. The van der Waals surface area contributed by atoms with E-state index in [0.29, 0.717) is 25.3 Å². The summed E-state index contributed by atoms with van der Waals surface area (Å²) in [5.41, 5.74) is 4.94. The number of piperidine rings is 4. The van der Waals surface area contributed by atoms with Gasteiger partial charge in [0, 0.05) is 33.2 Å². The standard InChI is InChI=1S/C25H38ClN5O5/c1-35-21-15-30(12-8-19(21)28-24(33)17-13-18(26)23(27)29-25(17)34)9-4-2-3-5-22(32)36-20-14-31-10-6-16(20)7-11-31/h13,16,19-21H,2-12,14-15H2,1H3,(H,28,33)(H3,27,29,34)/t19-,20-,21+/m0/s1. The fourth-order valence-corrected chi connectivity index (χ4v) is 5.73. The van der Waals surface area contributed by atoms with Crippen LogP contribution in [0.1, 0.15) is 55.3 Å². The van der Waals surface area contributed by atoms with Gasteiger partial charge in [-0.25, -0.2) is 0 Å². The Kier molecular flexibility index (Phi) is 9.27. The highest BCUT2D eigenvalue weighted by Gasteiger charge is 2.36. The third kappa shape index (κ3) is 6.79. The Bertz CT molecular complexity index is 980. The minimum Gasteiger partial charge on any atom is -0.461 e. The molecule has 0 saturated carbocycles. The normalized spacial score (nSPS) is 28.1. The van der Waals surface area contributed by atoms with Crippen molar-refractivity contribution in [2.45, 2.75) is 63.2 Å². The molecule has 0 unspecified atom stereocenters. The van der Waals surface area contributed by atoms with Crippen molar-refractivity contribution >= 4 is 29.3 Å². The lowest BCUT2D eigenvalue weighted by molar-refractivity contribution is -0.158. The van der Waals surface area contributed by atoms with Gasteiger partial charge in [0.1, 0.15) is 17.5 Å². The molecule has 0 aliphatic carbocycles. The number of carbonyl (C=O) groups excluding carboxylic acids is 2. The fourth-order valence-electron chi connectivity index (χ4n) is 5.58. The first kappa shape index (κ1) is 26.9. The van der Waals surface area contributed by atoms with Crippen molar-refractivity contribution in [3.63, 3.8) is 0 Å². The number of nitrogens with one attached hydrogen (secondary N) is 2. The number of anilines is 1. The van der Waals surface area contributed by atoms with Crippen LogP contribution in [0.2, 0.25) is 5.02 Å². The number of H-pyrrole nitrogens is 1. The largest absolute Gasteiger partial charge is 0.461 e. The Morgan fingerprint density at radius 1 is 1.14 bits per heavy atom. The molecule has 10 nitrogen and oxygen atoms in total. The highest BCUT2D eigenvalue weighted by atomic mass is 35.5. The van der Waals surface area contributed by atoms with Gasteiger partial charge in [0.25, 0.3) is 11.5 Å². The number of aromatic amines is 1. The molecular formula is C25H38ClN5O5. The van der Waals surface area contributed by atoms with Crippen molar-refractivity contribution in [3.05, 3.63) is 27.0 Å². The molecule has 0 aromatic carbocycles. The third-order valence-electron chi connectivity index (χ3n) is 7.76. The molecule has 2 bridgehead atoms. The summed E-state index contributed by atoms with van der Waals surface area (Å²) in [6.45, 7) is 5.58. The van der Waals surface area contributed by atoms with Crippen molar-refractivity contribution in [3.8, 4) is 0 Å². The maximum atomic E-state index is 12.7. The summed E-state index contributed by atoms with van der Waals surface area (Å²) in [6.07, 6.45) is 6.15. The smallest absolute Gasteiger partial charge is 0.306 e. The average molecular weight is 524 g/mol. The van der Waals surface area contributed by atoms with Gasteiger partial charge in [-0.3, -0.25) is 19.3 Å². The molecule has 4 aliphatic heterocycles. The van der Waals surface area contributed by atoms with Gasteiger partial charge in [0.15, 0.2) is 0 Å². The van der Waals surface area contributed by atoms with Crippen LogP contribution in [0.5, 0.6) is 0 Å². The molecule has 200 valence electrons. The number of rotatable bonds is 10. The molecule has 1 aromatic heterocycles.